The smallest absolute Gasteiger partial charge is 0.150 e. The number of carbonyl (C=O) groups excluding carboxylic acids is 1. The fraction of sp³-hybridized carbons (Fsp3) is 0.886. The Bertz CT molecular complexity index is 643. The maximum atomic E-state index is 12.3. The molecular weight excluding hydrogens is 508 g/mol. The van der Waals surface area contributed by atoms with Crippen molar-refractivity contribution in [1.82, 2.24) is 14.9 Å². The first-order chi connectivity index (χ1) is 20.2. The lowest BCUT2D eigenvalue weighted by Gasteiger charge is -2.22. The van der Waals surface area contributed by atoms with Crippen LogP contribution in [0.15, 0.2) is 12.5 Å². The molecule has 0 bridgehead atoms. The van der Waals surface area contributed by atoms with E-state index in [9.17, 15) is 4.79 Å². The molecule has 0 radical (unpaired) electrons. The molecule has 0 aromatic carbocycles. The number of Topliss-reactive ketones (excluding diaryl/α,β-unsaturated/α-hetero) is 1. The highest BCUT2D eigenvalue weighted by Crippen LogP contribution is 2.13. The van der Waals surface area contributed by atoms with Crippen LogP contribution in [0.3, 0.4) is 0 Å². The molecule has 6 nitrogen and oxygen atoms in total. The van der Waals surface area contributed by atoms with E-state index in [-0.39, 0.29) is 5.78 Å². The summed E-state index contributed by atoms with van der Waals surface area (Å²) in [5.41, 5.74) is 6.97. The maximum absolute atomic E-state index is 12.3. The maximum Gasteiger partial charge on any atom is 0.150 e. The molecule has 0 aliphatic heterocycles. The van der Waals surface area contributed by atoms with E-state index < -0.39 is 6.04 Å². The van der Waals surface area contributed by atoms with E-state index in [1.165, 1.54) is 142 Å². The number of H-pyrrole nitrogens is 1. The van der Waals surface area contributed by atoms with Gasteiger partial charge in [0.2, 0.25) is 0 Å². The predicted octanol–water partition coefficient (Wildman–Crippen LogP) is 8.79. The van der Waals surface area contributed by atoms with Crippen LogP contribution in [0.5, 0.6) is 0 Å². The van der Waals surface area contributed by atoms with Gasteiger partial charge in [-0.25, -0.2) is 4.98 Å². The lowest BCUT2D eigenvalue weighted by Crippen LogP contribution is -2.33. The quantitative estimate of drug-likeness (QED) is 0.0837. The number of nitrogens with two attached hydrogens (primary N) is 1. The number of carbonyl (C=O) groups is 1. The summed E-state index contributed by atoms with van der Waals surface area (Å²) in [5, 5.41) is 0. The second-order valence-corrected chi connectivity index (χ2v) is 12.3. The summed E-state index contributed by atoms with van der Waals surface area (Å²) in [5.74, 6) is 0.103. The van der Waals surface area contributed by atoms with E-state index in [4.69, 9.17) is 10.5 Å². The molecule has 41 heavy (non-hydrogen) atoms. The number of aromatic amines is 1. The van der Waals surface area contributed by atoms with Crippen molar-refractivity contribution in [3.05, 3.63) is 18.2 Å². The topological polar surface area (TPSA) is 84.2 Å². The van der Waals surface area contributed by atoms with Crippen LogP contribution in [0.1, 0.15) is 161 Å². The van der Waals surface area contributed by atoms with Gasteiger partial charge in [-0.2, -0.15) is 0 Å². The number of nitrogens with zero attached hydrogens (tertiary/aromatic N) is 2. The van der Waals surface area contributed by atoms with Gasteiger partial charge in [-0.3, -0.25) is 4.79 Å². The average molecular weight is 577 g/mol. The molecule has 1 heterocycles. The van der Waals surface area contributed by atoms with E-state index in [0.717, 1.165) is 25.3 Å². The normalized spacial score (nSPS) is 12.4. The number of imidazole rings is 1. The van der Waals surface area contributed by atoms with E-state index in [1.54, 1.807) is 12.5 Å². The van der Waals surface area contributed by atoms with Crippen molar-refractivity contribution in [2.75, 3.05) is 32.8 Å². The number of nitrogens with one attached hydrogen (secondary N) is 1. The van der Waals surface area contributed by atoms with Gasteiger partial charge in [0, 0.05) is 37.9 Å². The molecule has 6 heteroatoms. The van der Waals surface area contributed by atoms with Gasteiger partial charge in [0.1, 0.15) is 5.78 Å². The molecule has 0 spiro atoms. The first-order valence-electron chi connectivity index (χ1n) is 17.7. The monoisotopic (exact) mass is 577 g/mol. The van der Waals surface area contributed by atoms with Gasteiger partial charge in [-0.1, -0.05) is 129 Å². The third kappa shape index (κ3) is 24.0. The minimum absolute atomic E-state index is 0.103. The number of ether oxygens (including phenoxy) is 1. The lowest BCUT2D eigenvalue weighted by atomic mass is 10.0. The Morgan fingerprint density at radius 1 is 0.732 bits per heavy atom. The van der Waals surface area contributed by atoms with Gasteiger partial charge in [0.25, 0.3) is 0 Å². The minimum atomic E-state index is -0.465. The van der Waals surface area contributed by atoms with E-state index in [0.29, 0.717) is 19.4 Å². The number of unbranched alkanes of at least 4 members (excludes halogenated alkanes) is 18. The Labute approximate surface area is 254 Å². The Morgan fingerprint density at radius 2 is 1.22 bits per heavy atom. The Balaban J connectivity index is 2.17. The summed E-state index contributed by atoms with van der Waals surface area (Å²) in [6.07, 6.45) is 32.8. The second-order valence-electron chi connectivity index (χ2n) is 12.3. The molecule has 1 aromatic rings. The zero-order chi connectivity index (χ0) is 29.6. The number of hydrogen-bond acceptors (Lipinski definition) is 5. The van der Waals surface area contributed by atoms with E-state index in [1.807, 2.05) is 0 Å². The fourth-order valence-corrected chi connectivity index (χ4v) is 5.56. The van der Waals surface area contributed by atoms with Gasteiger partial charge in [0.05, 0.1) is 19.0 Å². The highest BCUT2D eigenvalue weighted by Gasteiger charge is 2.14. The van der Waals surface area contributed by atoms with Crippen molar-refractivity contribution in [2.45, 2.75) is 168 Å². The zero-order valence-corrected chi connectivity index (χ0v) is 27.3. The molecule has 0 aliphatic carbocycles. The average Bonchev–Trinajstić information content (AvgIpc) is 3.49. The molecule has 3 N–H and O–H groups in total. The van der Waals surface area contributed by atoms with Crippen LogP contribution < -0.4 is 5.73 Å². The molecule has 0 fully saturated rings. The van der Waals surface area contributed by atoms with E-state index >= 15 is 0 Å². The molecule has 0 saturated carbocycles. The second kappa shape index (κ2) is 28.9. The van der Waals surface area contributed by atoms with Crippen LogP contribution in [0.2, 0.25) is 0 Å². The van der Waals surface area contributed by atoms with E-state index in [2.05, 4.69) is 28.7 Å². The lowest BCUT2D eigenvalue weighted by molar-refractivity contribution is -0.120. The van der Waals surface area contributed by atoms with Crippen LogP contribution in [0, 0.1) is 0 Å². The van der Waals surface area contributed by atoms with Crippen molar-refractivity contribution in [3.8, 4) is 0 Å². The number of rotatable bonds is 32. The summed E-state index contributed by atoms with van der Waals surface area (Å²) in [6, 6.07) is -0.465. The Kier molecular flexibility index (Phi) is 26.6. The fourth-order valence-electron chi connectivity index (χ4n) is 5.56. The van der Waals surface area contributed by atoms with Crippen LogP contribution in [-0.2, 0) is 16.0 Å². The predicted molar refractivity (Wildman–Crippen MR) is 175 cm³/mol. The van der Waals surface area contributed by atoms with Crippen molar-refractivity contribution in [1.29, 1.82) is 0 Å². The third-order valence-corrected chi connectivity index (χ3v) is 8.33. The molecule has 0 saturated heterocycles. The van der Waals surface area contributed by atoms with Crippen LogP contribution >= 0.6 is 0 Å². The summed E-state index contributed by atoms with van der Waals surface area (Å²) in [7, 11) is 0. The third-order valence-electron chi connectivity index (χ3n) is 8.33. The van der Waals surface area contributed by atoms with Crippen LogP contribution in [-0.4, -0.2) is 59.5 Å². The van der Waals surface area contributed by atoms with Crippen molar-refractivity contribution in [3.63, 3.8) is 0 Å². The molecule has 240 valence electrons. The molecule has 0 aliphatic rings. The SMILES string of the molecule is CCCCCCCCCCCCN(CCCCCCCCCCCC)CCOCCCC(=O)C(N)Cc1cnc[nH]1. The first-order valence-corrected chi connectivity index (χ1v) is 17.7. The summed E-state index contributed by atoms with van der Waals surface area (Å²) < 4.78 is 5.95. The highest BCUT2D eigenvalue weighted by atomic mass is 16.5. The number of hydrogen-bond donors (Lipinski definition) is 2. The van der Waals surface area contributed by atoms with Crippen LogP contribution in [0.4, 0.5) is 0 Å². The van der Waals surface area contributed by atoms with Gasteiger partial charge >= 0.3 is 0 Å². The summed E-state index contributed by atoms with van der Waals surface area (Å²) in [6.45, 7) is 9.35. The molecule has 1 unspecified atom stereocenters. The summed E-state index contributed by atoms with van der Waals surface area (Å²) >= 11 is 0. The largest absolute Gasteiger partial charge is 0.380 e. The summed E-state index contributed by atoms with van der Waals surface area (Å²) in [4.78, 5) is 22.0. The first kappa shape index (κ1) is 37.8. The van der Waals surface area contributed by atoms with Crippen molar-refractivity contribution < 1.29 is 9.53 Å². The number of ketones is 1. The van der Waals surface area contributed by atoms with Gasteiger partial charge in [0.15, 0.2) is 0 Å². The zero-order valence-electron chi connectivity index (χ0n) is 27.3. The Hall–Kier alpha value is -1.24. The molecule has 1 aromatic heterocycles. The molecule has 1 rings (SSSR count). The molecule has 1 atom stereocenters. The van der Waals surface area contributed by atoms with Crippen molar-refractivity contribution >= 4 is 5.78 Å². The number of aromatic nitrogens is 2. The molecule has 0 amide bonds. The minimum Gasteiger partial charge on any atom is -0.380 e. The standard InChI is InChI=1S/C35H68N4O2/c1-3-5-7-9-11-13-15-17-19-21-25-39(26-22-20-18-16-14-12-10-8-6-4-2)27-29-41-28-23-24-35(40)34(36)30-33-31-37-32-38-33/h31-32,34H,3-30,36H2,1-2H3,(H,37,38). The highest BCUT2D eigenvalue weighted by molar-refractivity contribution is 5.83. The molecular formula is C35H68N4O2. The Morgan fingerprint density at radius 3 is 1.68 bits per heavy atom. The van der Waals surface area contributed by atoms with Crippen LogP contribution in [0.25, 0.3) is 0 Å². The van der Waals surface area contributed by atoms with Crippen molar-refractivity contribution in [2.24, 2.45) is 5.73 Å². The van der Waals surface area contributed by atoms with Gasteiger partial charge in [-0.15, -0.1) is 0 Å². The van der Waals surface area contributed by atoms with Gasteiger partial charge in [-0.05, 0) is 32.4 Å². The van der Waals surface area contributed by atoms with Gasteiger partial charge < -0.3 is 20.4 Å².